The molecule has 0 amide bonds. The summed E-state index contributed by atoms with van der Waals surface area (Å²) >= 11 is 0. The molecule has 5 fully saturated rings. The molecule has 1 unspecified atom stereocenters. The Morgan fingerprint density at radius 2 is 1.50 bits per heavy atom. The van der Waals surface area contributed by atoms with Crippen molar-refractivity contribution in [3.8, 4) is 0 Å². The summed E-state index contributed by atoms with van der Waals surface area (Å²) in [4.78, 5) is 0. The van der Waals surface area contributed by atoms with Crippen LogP contribution < -0.4 is 5.32 Å². The first-order valence-corrected chi connectivity index (χ1v) is 8.38. The van der Waals surface area contributed by atoms with Crippen LogP contribution in [-0.4, -0.2) is 13.1 Å². The molecule has 4 bridgehead atoms. The van der Waals surface area contributed by atoms with Crippen LogP contribution in [0.1, 0.15) is 64.7 Å². The van der Waals surface area contributed by atoms with Crippen LogP contribution in [0, 0.1) is 28.6 Å². The van der Waals surface area contributed by atoms with Crippen LogP contribution in [0.5, 0.6) is 0 Å². The van der Waals surface area contributed by atoms with Crippen molar-refractivity contribution in [2.45, 2.75) is 70.8 Å². The molecular weight excluding hydrogens is 218 g/mol. The Kier molecular flexibility index (Phi) is 2.45. The zero-order valence-electron chi connectivity index (χ0n) is 12.2. The van der Waals surface area contributed by atoms with Crippen LogP contribution in [0.3, 0.4) is 0 Å². The fourth-order valence-corrected chi connectivity index (χ4v) is 6.97. The molecule has 0 heterocycles. The molecule has 5 aliphatic rings. The largest absolute Gasteiger partial charge is 0.316 e. The summed E-state index contributed by atoms with van der Waals surface area (Å²) in [5, 5.41) is 3.68. The average Bonchev–Trinajstić information content (AvgIpc) is 3.11. The minimum absolute atomic E-state index is 0.715. The first-order valence-electron chi connectivity index (χ1n) is 8.38. The molecule has 1 N–H and O–H groups in total. The van der Waals surface area contributed by atoms with Crippen molar-refractivity contribution < 1.29 is 0 Å². The van der Waals surface area contributed by atoms with E-state index in [0.29, 0.717) is 5.41 Å². The maximum Gasteiger partial charge on any atom is 0.0123 e. The van der Waals surface area contributed by atoms with Crippen molar-refractivity contribution >= 4 is 0 Å². The monoisotopic (exact) mass is 247 g/mol. The lowest BCUT2D eigenvalue weighted by Gasteiger charge is -2.61. The highest BCUT2D eigenvalue weighted by atomic mass is 14.9. The molecule has 0 aromatic carbocycles. The summed E-state index contributed by atoms with van der Waals surface area (Å²) in [5.74, 6) is 3.34. The molecule has 102 valence electrons. The molecule has 0 saturated heterocycles. The van der Waals surface area contributed by atoms with Gasteiger partial charge in [0.05, 0.1) is 0 Å². The van der Waals surface area contributed by atoms with Gasteiger partial charge in [-0.25, -0.2) is 0 Å². The van der Waals surface area contributed by atoms with E-state index in [1.165, 1.54) is 19.3 Å². The van der Waals surface area contributed by atoms with E-state index in [0.717, 1.165) is 29.2 Å². The number of hydrogen-bond donors (Lipinski definition) is 1. The van der Waals surface area contributed by atoms with Crippen molar-refractivity contribution in [3.05, 3.63) is 0 Å². The summed E-state index contributed by atoms with van der Waals surface area (Å²) in [6, 6.07) is 0.800. The maximum absolute atomic E-state index is 3.68. The Hall–Kier alpha value is -0.0400. The highest BCUT2D eigenvalue weighted by molar-refractivity contribution is 5.17. The van der Waals surface area contributed by atoms with Gasteiger partial charge < -0.3 is 5.32 Å². The Bertz CT molecular complexity index is 302. The van der Waals surface area contributed by atoms with Gasteiger partial charge in [-0.15, -0.1) is 0 Å². The molecule has 0 aromatic heterocycles. The molecule has 5 rings (SSSR count). The molecule has 0 aromatic rings. The Balaban J connectivity index is 1.67. The van der Waals surface area contributed by atoms with Gasteiger partial charge >= 0.3 is 0 Å². The van der Waals surface area contributed by atoms with Crippen LogP contribution in [0.15, 0.2) is 0 Å². The Morgan fingerprint density at radius 1 is 1.00 bits per heavy atom. The highest BCUT2D eigenvalue weighted by Gasteiger charge is 2.66. The van der Waals surface area contributed by atoms with E-state index in [-0.39, 0.29) is 0 Å². The van der Waals surface area contributed by atoms with Crippen molar-refractivity contribution in [2.24, 2.45) is 28.6 Å². The van der Waals surface area contributed by atoms with E-state index in [4.69, 9.17) is 0 Å². The zero-order valence-corrected chi connectivity index (χ0v) is 12.2. The minimum atomic E-state index is 0.715. The van der Waals surface area contributed by atoms with Crippen molar-refractivity contribution in [2.75, 3.05) is 7.05 Å². The summed E-state index contributed by atoms with van der Waals surface area (Å²) in [6.45, 7) is 2.39. The second-order valence-electron chi connectivity index (χ2n) is 8.10. The third kappa shape index (κ3) is 1.38. The number of nitrogens with one attached hydrogen (secondary N) is 1. The summed E-state index contributed by atoms with van der Waals surface area (Å²) < 4.78 is 0. The molecular formula is C17H29N. The lowest BCUT2D eigenvalue weighted by molar-refractivity contribution is -0.106. The first-order chi connectivity index (χ1) is 8.71. The first kappa shape index (κ1) is 11.8. The Labute approximate surface area is 112 Å². The smallest absolute Gasteiger partial charge is 0.0123 e. The van der Waals surface area contributed by atoms with Crippen LogP contribution >= 0.6 is 0 Å². The van der Waals surface area contributed by atoms with Crippen LogP contribution in [0.2, 0.25) is 0 Å². The third-order valence-electron chi connectivity index (χ3n) is 7.31. The summed E-state index contributed by atoms with van der Waals surface area (Å²) in [5.41, 5.74) is 1.48. The SMILES string of the molecule is CCC(NC)C1(C23CC4CC(CC(C4)C2)C3)CC1. The van der Waals surface area contributed by atoms with Gasteiger partial charge in [-0.2, -0.15) is 0 Å². The van der Waals surface area contributed by atoms with Gasteiger partial charge in [-0.3, -0.25) is 0 Å². The van der Waals surface area contributed by atoms with E-state index in [9.17, 15) is 0 Å². The third-order valence-corrected chi connectivity index (χ3v) is 7.31. The van der Waals surface area contributed by atoms with Gasteiger partial charge in [0.25, 0.3) is 0 Å². The van der Waals surface area contributed by atoms with Gasteiger partial charge in [-0.1, -0.05) is 6.92 Å². The molecule has 18 heavy (non-hydrogen) atoms. The maximum atomic E-state index is 3.68. The number of rotatable bonds is 4. The van der Waals surface area contributed by atoms with Crippen LogP contribution in [0.4, 0.5) is 0 Å². The second kappa shape index (κ2) is 3.75. The normalized spacial score (nSPS) is 49.3. The van der Waals surface area contributed by atoms with Gasteiger partial charge in [0, 0.05) is 6.04 Å². The van der Waals surface area contributed by atoms with Gasteiger partial charge in [0.2, 0.25) is 0 Å². The van der Waals surface area contributed by atoms with E-state index in [1.54, 1.807) is 38.5 Å². The molecule has 5 saturated carbocycles. The van der Waals surface area contributed by atoms with E-state index < -0.39 is 0 Å². The highest BCUT2D eigenvalue weighted by Crippen LogP contribution is 2.74. The zero-order chi connectivity index (χ0) is 12.4. The predicted molar refractivity (Wildman–Crippen MR) is 75.4 cm³/mol. The summed E-state index contributed by atoms with van der Waals surface area (Å²) in [6.07, 6.45) is 13.9. The fourth-order valence-electron chi connectivity index (χ4n) is 6.97. The fraction of sp³-hybridized carbons (Fsp3) is 1.00. The molecule has 1 atom stereocenters. The van der Waals surface area contributed by atoms with Gasteiger partial charge in [0.15, 0.2) is 0 Å². The van der Waals surface area contributed by atoms with E-state index in [1.807, 2.05) is 0 Å². The second-order valence-corrected chi connectivity index (χ2v) is 8.10. The molecule has 1 nitrogen and oxygen atoms in total. The minimum Gasteiger partial charge on any atom is -0.316 e. The molecule has 1 heteroatoms. The van der Waals surface area contributed by atoms with Crippen molar-refractivity contribution in [3.63, 3.8) is 0 Å². The topological polar surface area (TPSA) is 12.0 Å². The summed E-state index contributed by atoms with van der Waals surface area (Å²) in [7, 11) is 2.20. The van der Waals surface area contributed by atoms with Crippen LogP contribution in [0.25, 0.3) is 0 Å². The lowest BCUT2D eigenvalue weighted by atomic mass is 9.44. The lowest BCUT2D eigenvalue weighted by Crippen LogP contribution is -2.55. The van der Waals surface area contributed by atoms with Crippen LogP contribution in [-0.2, 0) is 0 Å². The van der Waals surface area contributed by atoms with Gasteiger partial charge in [-0.05, 0) is 93.4 Å². The van der Waals surface area contributed by atoms with Gasteiger partial charge in [0.1, 0.15) is 0 Å². The van der Waals surface area contributed by atoms with Crippen molar-refractivity contribution in [1.29, 1.82) is 0 Å². The van der Waals surface area contributed by atoms with Crippen molar-refractivity contribution in [1.82, 2.24) is 5.32 Å². The average molecular weight is 247 g/mol. The molecule has 5 aliphatic carbocycles. The van der Waals surface area contributed by atoms with E-state index in [2.05, 4.69) is 19.3 Å². The van der Waals surface area contributed by atoms with E-state index >= 15 is 0 Å². The number of hydrogen-bond acceptors (Lipinski definition) is 1. The molecule has 0 spiro atoms. The predicted octanol–water partition coefficient (Wildman–Crippen LogP) is 3.98. The molecule has 0 radical (unpaired) electrons. The standard InChI is InChI=1S/C17H29N/c1-3-15(18-2)17(4-5-17)16-9-12-6-13(10-16)8-14(7-12)11-16/h12-15,18H,3-11H2,1-2H3. The quantitative estimate of drug-likeness (QED) is 0.792. The Morgan fingerprint density at radius 3 is 1.83 bits per heavy atom. The molecule has 0 aliphatic heterocycles.